The Kier molecular flexibility index (Phi) is 10.7. The van der Waals surface area contributed by atoms with Crippen LogP contribution in [0.2, 0.25) is 0 Å². The Morgan fingerprint density at radius 2 is 1.87 bits per heavy atom. The SMILES string of the molecule is CCOC(=O)CSC(=NC(=O)OC)OCCC(C)CC(C)(C)C. The zero-order valence-electron chi connectivity index (χ0n) is 15.0. The van der Waals surface area contributed by atoms with Gasteiger partial charge in [0.2, 0.25) is 0 Å². The standard InChI is InChI=1S/C16H29NO5S/c1-7-21-13(18)11-23-15(17-14(19)20-6)22-9-8-12(2)10-16(3,4)5/h12H,7-11H2,1-6H3. The molecular formula is C16H29NO5S. The van der Waals surface area contributed by atoms with Crippen molar-refractivity contribution in [3.8, 4) is 0 Å². The second-order valence-electron chi connectivity index (χ2n) is 6.45. The van der Waals surface area contributed by atoms with E-state index < -0.39 is 6.09 Å². The molecule has 1 atom stereocenters. The van der Waals surface area contributed by atoms with E-state index in [4.69, 9.17) is 9.47 Å². The maximum absolute atomic E-state index is 11.4. The van der Waals surface area contributed by atoms with E-state index in [-0.39, 0.29) is 22.4 Å². The number of hydrogen-bond donors (Lipinski definition) is 0. The molecule has 7 heteroatoms. The molecule has 0 radical (unpaired) electrons. The van der Waals surface area contributed by atoms with E-state index in [1.165, 1.54) is 7.11 Å². The van der Waals surface area contributed by atoms with E-state index in [0.717, 1.165) is 24.6 Å². The summed E-state index contributed by atoms with van der Waals surface area (Å²) in [6.45, 7) is 11.2. The topological polar surface area (TPSA) is 74.2 Å². The van der Waals surface area contributed by atoms with Crippen molar-refractivity contribution in [1.82, 2.24) is 0 Å². The highest BCUT2D eigenvalue weighted by molar-refractivity contribution is 8.14. The predicted molar refractivity (Wildman–Crippen MR) is 92.7 cm³/mol. The number of ether oxygens (including phenoxy) is 3. The van der Waals surface area contributed by atoms with Crippen molar-refractivity contribution in [1.29, 1.82) is 0 Å². The normalized spacial score (nSPS) is 13.4. The van der Waals surface area contributed by atoms with Crippen LogP contribution in [0.4, 0.5) is 4.79 Å². The highest BCUT2D eigenvalue weighted by atomic mass is 32.2. The smallest absolute Gasteiger partial charge is 0.437 e. The lowest BCUT2D eigenvalue weighted by molar-refractivity contribution is -0.139. The number of aliphatic imine (C=N–C) groups is 1. The summed E-state index contributed by atoms with van der Waals surface area (Å²) in [7, 11) is 1.24. The Morgan fingerprint density at radius 3 is 2.39 bits per heavy atom. The minimum absolute atomic E-state index is 0.0429. The lowest BCUT2D eigenvalue weighted by Crippen LogP contribution is -2.15. The van der Waals surface area contributed by atoms with Crippen LogP contribution in [0.5, 0.6) is 0 Å². The average Bonchev–Trinajstić information content (AvgIpc) is 2.42. The maximum Gasteiger partial charge on any atom is 0.437 e. The second-order valence-corrected chi connectivity index (χ2v) is 7.38. The van der Waals surface area contributed by atoms with E-state index >= 15 is 0 Å². The van der Waals surface area contributed by atoms with Crippen molar-refractivity contribution in [2.24, 2.45) is 16.3 Å². The van der Waals surface area contributed by atoms with Gasteiger partial charge in [-0.15, -0.1) is 4.99 Å². The Labute approximate surface area is 143 Å². The fourth-order valence-corrected chi connectivity index (χ4v) is 2.67. The maximum atomic E-state index is 11.4. The molecule has 0 aromatic heterocycles. The summed E-state index contributed by atoms with van der Waals surface area (Å²) in [5, 5.41) is 0.132. The fraction of sp³-hybridized carbons (Fsp3) is 0.812. The van der Waals surface area contributed by atoms with Gasteiger partial charge >= 0.3 is 12.1 Å². The molecule has 0 N–H and O–H groups in total. The third-order valence-electron chi connectivity index (χ3n) is 2.77. The molecule has 0 rings (SSSR count). The largest absolute Gasteiger partial charge is 0.473 e. The van der Waals surface area contributed by atoms with Gasteiger partial charge in [-0.05, 0) is 31.1 Å². The van der Waals surface area contributed by atoms with Crippen LogP contribution in [0.1, 0.15) is 47.5 Å². The van der Waals surface area contributed by atoms with Crippen LogP contribution in [-0.4, -0.2) is 43.4 Å². The van der Waals surface area contributed by atoms with Gasteiger partial charge in [0.05, 0.1) is 20.3 Å². The van der Waals surface area contributed by atoms with Gasteiger partial charge in [0.25, 0.3) is 5.23 Å². The van der Waals surface area contributed by atoms with Crippen LogP contribution in [0, 0.1) is 11.3 Å². The molecule has 0 saturated carbocycles. The third kappa shape index (κ3) is 12.9. The van der Waals surface area contributed by atoms with Crippen LogP contribution in [0.15, 0.2) is 4.99 Å². The summed E-state index contributed by atoms with van der Waals surface area (Å²) >= 11 is 1.03. The van der Waals surface area contributed by atoms with E-state index in [0.29, 0.717) is 19.1 Å². The average molecular weight is 347 g/mol. The molecule has 0 spiro atoms. The number of carbonyl (C=O) groups excluding carboxylic acids is 2. The zero-order valence-corrected chi connectivity index (χ0v) is 15.8. The second kappa shape index (κ2) is 11.3. The fourth-order valence-electron chi connectivity index (χ4n) is 2.04. The Bertz CT molecular complexity index is 404. The van der Waals surface area contributed by atoms with Gasteiger partial charge in [0.15, 0.2) is 0 Å². The van der Waals surface area contributed by atoms with Gasteiger partial charge in [-0.25, -0.2) is 4.79 Å². The van der Waals surface area contributed by atoms with Crippen LogP contribution < -0.4 is 0 Å². The Balaban J connectivity index is 4.40. The molecule has 0 aliphatic heterocycles. The van der Waals surface area contributed by atoms with Crippen molar-refractivity contribution in [3.63, 3.8) is 0 Å². The minimum Gasteiger partial charge on any atom is -0.473 e. The minimum atomic E-state index is -0.751. The molecule has 0 bridgehead atoms. The Hall–Kier alpha value is -1.24. The van der Waals surface area contributed by atoms with Crippen molar-refractivity contribution in [2.45, 2.75) is 47.5 Å². The van der Waals surface area contributed by atoms with Gasteiger partial charge in [-0.3, -0.25) is 4.79 Å². The molecule has 23 heavy (non-hydrogen) atoms. The highest BCUT2D eigenvalue weighted by Gasteiger charge is 2.16. The van der Waals surface area contributed by atoms with Crippen LogP contribution in [0.3, 0.4) is 0 Å². The number of rotatable bonds is 7. The molecule has 0 heterocycles. The molecular weight excluding hydrogens is 318 g/mol. The molecule has 0 aliphatic carbocycles. The molecule has 6 nitrogen and oxygen atoms in total. The van der Waals surface area contributed by atoms with E-state index in [9.17, 15) is 9.59 Å². The Morgan fingerprint density at radius 1 is 1.22 bits per heavy atom. The van der Waals surface area contributed by atoms with Crippen LogP contribution in [0.25, 0.3) is 0 Å². The number of esters is 1. The van der Waals surface area contributed by atoms with Crippen molar-refractivity contribution in [3.05, 3.63) is 0 Å². The first-order valence-electron chi connectivity index (χ1n) is 7.75. The van der Waals surface area contributed by atoms with Gasteiger partial charge in [-0.1, -0.05) is 39.5 Å². The number of methoxy groups -OCH3 is 1. The highest BCUT2D eigenvalue weighted by Crippen LogP contribution is 2.26. The first kappa shape index (κ1) is 21.8. The summed E-state index contributed by atoms with van der Waals surface area (Å²) in [5.41, 5.74) is 0.265. The van der Waals surface area contributed by atoms with Crippen molar-refractivity contribution in [2.75, 3.05) is 26.1 Å². The summed E-state index contributed by atoms with van der Waals surface area (Å²) in [5.74, 6) is 0.158. The van der Waals surface area contributed by atoms with Crippen LogP contribution >= 0.6 is 11.8 Å². The van der Waals surface area contributed by atoms with Gasteiger partial charge < -0.3 is 14.2 Å². The van der Waals surface area contributed by atoms with Crippen molar-refractivity contribution >= 4 is 29.1 Å². The van der Waals surface area contributed by atoms with Crippen LogP contribution in [-0.2, 0) is 19.0 Å². The third-order valence-corrected chi connectivity index (χ3v) is 3.61. The first-order chi connectivity index (χ1) is 10.7. The molecule has 134 valence electrons. The quantitative estimate of drug-likeness (QED) is 0.395. The zero-order chi connectivity index (χ0) is 17.9. The number of hydrogen-bond acceptors (Lipinski definition) is 6. The van der Waals surface area contributed by atoms with Crippen molar-refractivity contribution < 1.29 is 23.8 Å². The monoisotopic (exact) mass is 347 g/mol. The lowest BCUT2D eigenvalue weighted by atomic mass is 9.84. The molecule has 0 aliphatic rings. The predicted octanol–water partition coefficient (Wildman–Crippen LogP) is 3.88. The van der Waals surface area contributed by atoms with E-state index in [1.807, 2.05) is 0 Å². The molecule has 1 unspecified atom stereocenters. The number of nitrogens with zero attached hydrogens (tertiary/aromatic N) is 1. The van der Waals surface area contributed by atoms with Gasteiger partial charge in [0, 0.05) is 0 Å². The van der Waals surface area contributed by atoms with Gasteiger partial charge in [-0.2, -0.15) is 0 Å². The summed E-state index contributed by atoms with van der Waals surface area (Å²) < 4.78 is 14.9. The first-order valence-corrected chi connectivity index (χ1v) is 8.74. The van der Waals surface area contributed by atoms with Gasteiger partial charge in [0.1, 0.15) is 5.75 Å². The summed E-state index contributed by atoms with van der Waals surface area (Å²) in [6, 6.07) is 0. The number of thioether (sulfide) groups is 1. The molecule has 0 fully saturated rings. The number of carbonyl (C=O) groups is 2. The lowest BCUT2D eigenvalue weighted by Gasteiger charge is -2.23. The molecule has 0 aromatic rings. The number of amides is 1. The molecule has 0 saturated heterocycles. The summed E-state index contributed by atoms with van der Waals surface area (Å²) in [6.07, 6.45) is 1.17. The molecule has 1 amide bonds. The van der Waals surface area contributed by atoms with E-state index in [2.05, 4.69) is 37.4 Å². The van der Waals surface area contributed by atoms with E-state index in [1.54, 1.807) is 6.92 Å². The molecule has 0 aromatic carbocycles. The summed E-state index contributed by atoms with van der Waals surface area (Å²) in [4.78, 5) is 26.3.